The van der Waals surface area contributed by atoms with Crippen LogP contribution in [0.15, 0.2) is 24.3 Å². The van der Waals surface area contributed by atoms with Crippen molar-refractivity contribution in [2.75, 3.05) is 14.2 Å². The van der Waals surface area contributed by atoms with E-state index < -0.39 is 5.97 Å². The van der Waals surface area contributed by atoms with E-state index in [0.717, 1.165) is 17.7 Å². The molecule has 0 aliphatic heterocycles. The molecular formula is C13H18O4. The molecule has 1 unspecified atom stereocenters. The zero-order valence-corrected chi connectivity index (χ0v) is 10.2. The maximum Gasteiger partial charge on any atom is 0.305 e. The lowest BCUT2D eigenvalue weighted by molar-refractivity contribution is -0.139. The van der Waals surface area contributed by atoms with E-state index in [9.17, 15) is 4.79 Å². The molecule has 94 valence electrons. The van der Waals surface area contributed by atoms with E-state index in [1.807, 2.05) is 24.3 Å². The molecule has 0 aromatic heterocycles. The third-order valence-corrected chi connectivity index (χ3v) is 2.62. The smallest absolute Gasteiger partial charge is 0.305 e. The number of hydrogen-bond donors (Lipinski definition) is 1. The minimum atomic E-state index is -0.831. The number of aliphatic carboxylic acids is 1. The Bertz CT molecular complexity index is 362. The lowest BCUT2D eigenvalue weighted by atomic mass is 10.0. The normalized spacial score (nSPS) is 12.1. The fourth-order valence-electron chi connectivity index (χ4n) is 1.65. The molecule has 0 spiro atoms. The molecule has 0 saturated carbocycles. The third kappa shape index (κ3) is 4.87. The van der Waals surface area contributed by atoms with Crippen LogP contribution in [-0.2, 0) is 16.0 Å². The van der Waals surface area contributed by atoms with Crippen LogP contribution in [0.3, 0.4) is 0 Å². The minimum Gasteiger partial charge on any atom is -0.497 e. The number of ether oxygens (including phenoxy) is 2. The lowest BCUT2D eigenvalue weighted by Gasteiger charge is -2.13. The molecule has 1 rings (SSSR count). The average molecular weight is 238 g/mol. The molecule has 1 atom stereocenters. The minimum absolute atomic E-state index is 0.0421. The van der Waals surface area contributed by atoms with E-state index in [1.54, 1.807) is 14.2 Å². The van der Waals surface area contributed by atoms with Gasteiger partial charge < -0.3 is 14.6 Å². The Morgan fingerprint density at radius 3 is 2.76 bits per heavy atom. The summed E-state index contributed by atoms with van der Waals surface area (Å²) in [6.07, 6.45) is 1.28. The monoisotopic (exact) mass is 238 g/mol. The van der Waals surface area contributed by atoms with E-state index in [2.05, 4.69) is 0 Å². The first-order valence-corrected chi connectivity index (χ1v) is 5.53. The van der Waals surface area contributed by atoms with Crippen molar-refractivity contribution >= 4 is 5.97 Å². The van der Waals surface area contributed by atoms with Gasteiger partial charge in [0, 0.05) is 7.11 Å². The maximum absolute atomic E-state index is 10.6. The van der Waals surface area contributed by atoms with Crippen LogP contribution in [0.4, 0.5) is 0 Å². The van der Waals surface area contributed by atoms with Crippen molar-refractivity contribution in [3.63, 3.8) is 0 Å². The second-order valence-corrected chi connectivity index (χ2v) is 3.85. The Hall–Kier alpha value is -1.55. The summed E-state index contributed by atoms with van der Waals surface area (Å²) in [5, 5.41) is 8.69. The van der Waals surface area contributed by atoms with E-state index in [0.29, 0.717) is 6.42 Å². The molecule has 17 heavy (non-hydrogen) atoms. The number of benzene rings is 1. The van der Waals surface area contributed by atoms with Crippen molar-refractivity contribution in [3.8, 4) is 5.75 Å². The molecule has 0 bridgehead atoms. The van der Waals surface area contributed by atoms with E-state index in [-0.39, 0.29) is 12.5 Å². The van der Waals surface area contributed by atoms with Gasteiger partial charge in [-0.05, 0) is 30.5 Å². The van der Waals surface area contributed by atoms with Gasteiger partial charge in [-0.25, -0.2) is 0 Å². The van der Waals surface area contributed by atoms with Crippen molar-refractivity contribution in [3.05, 3.63) is 29.8 Å². The number of methoxy groups -OCH3 is 2. The molecule has 0 aliphatic carbocycles. The Morgan fingerprint density at radius 1 is 1.41 bits per heavy atom. The van der Waals surface area contributed by atoms with Gasteiger partial charge in [-0.2, -0.15) is 0 Å². The number of rotatable bonds is 7. The summed E-state index contributed by atoms with van der Waals surface area (Å²) in [6.45, 7) is 0. The van der Waals surface area contributed by atoms with Crippen molar-refractivity contribution in [2.45, 2.75) is 25.4 Å². The number of carboxylic acids is 1. The van der Waals surface area contributed by atoms with Crippen molar-refractivity contribution in [1.29, 1.82) is 0 Å². The molecule has 1 aromatic rings. The van der Waals surface area contributed by atoms with Gasteiger partial charge in [0.1, 0.15) is 5.75 Å². The van der Waals surface area contributed by atoms with E-state index in [1.165, 1.54) is 0 Å². The van der Waals surface area contributed by atoms with Gasteiger partial charge in [0.05, 0.1) is 19.6 Å². The number of aryl methyl sites for hydroxylation is 1. The molecule has 1 aromatic carbocycles. The van der Waals surface area contributed by atoms with Gasteiger partial charge in [-0.1, -0.05) is 12.1 Å². The van der Waals surface area contributed by atoms with Gasteiger partial charge in [-0.15, -0.1) is 0 Å². The molecule has 1 N–H and O–H groups in total. The van der Waals surface area contributed by atoms with Gasteiger partial charge in [-0.3, -0.25) is 4.79 Å². The van der Waals surface area contributed by atoms with Crippen LogP contribution in [0.1, 0.15) is 18.4 Å². The molecule has 0 aliphatic rings. The van der Waals surface area contributed by atoms with Gasteiger partial charge in [0.25, 0.3) is 0 Å². The first-order valence-electron chi connectivity index (χ1n) is 5.53. The Labute approximate surface area is 101 Å². The topological polar surface area (TPSA) is 55.8 Å². The summed E-state index contributed by atoms with van der Waals surface area (Å²) >= 11 is 0. The largest absolute Gasteiger partial charge is 0.497 e. The molecule has 0 heterocycles. The second kappa shape index (κ2) is 6.91. The Balaban J connectivity index is 2.50. The predicted octanol–water partition coefficient (Wildman–Crippen LogP) is 2.12. The summed E-state index contributed by atoms with van der Waals surface area (Å²) in [5.74, 6) is -0.0165. The highest BCUT2D eigenvalue weighted by Crippen LogP contribution is 2.15. The van der Waals surface area contributed by atoms with Crippen LogP contribution < -0.4 is 4.74 Å². The number of carboxylic acid groups (broad SMARTS) is 1. The summed E-state index contributed by atoms with van der Waals surface area (Å²) in [5.41, 5.74) is 1.12. The highest BCUT2D eigenvalue weighted by molar-refractivity contribution is 5.67. The molecule has 0 saturated heterocycles. The fourth-order valence-corrected chi connectivity index (χ4v) is 1.65. The summed E-state index contributed by atoms with van der Waals surface area (Å²) in [7, 11) is 3.17. The van der Waals surface area contributed by atoms with Crippen molar-refractivity contribution < 1.29 is 19.4 Å². The standard InChI is InChI=1S/C13H18O4/c1-16-11-5-3-4-10(8-11)6-7-12(17-2)9-13(14)15/h3-5,8,12H,6-7,9H2,1-2H3,(H,14,15). The van der Waals surface area contributed by atoms with Crippen LogP contribution in [0.5, 0.6) is 5.75 Å². The predicted molar refractivity (Wildman–Crippen MR) is 64.4 cm³/mol. The molecule has 4 heteroatoms. The van der Waals surface area contributed by atoms with Crippen LogP contribution in [0, 0.1) is 0 Å². The molecular weight excluding hydrogens is 220 g/mol. The summed E-state index contributed by atoms with van der Waals surface area (Å²) in [6, 6.07) is 7.76. The van der Waals surface area contributed by atoms with Crippen LogP contribution >= 0.6 is 0 Å². The zero-order valence-electron chi connectivity index (χ0n) is 10.2. The lowest BCUT2D eigenvalue weighted by Crippen LogP contribution is -2.16. The SMILES string of the molecule is COc1cccc(CCC(CC(=O)O)OC)c1. The van der Waals surface area contributed by atoms with Gasteiger partial charge in [0.15, 0.2) is 0 Å². The fraction of sp³-hybridized carbons (Fsp3) is 0.462. The van der Waals surface area contributed by atoms with Crippen molar-refractivity contribution in [1.82, 2.24) is 0 Å². The van der Waals surface area contributed by atoms with Crippen LogP contribution in [0.2, 0.25) is 0 Å². The molecule has 0 fully saturated rings. The molecule has 0 amide bonds. The Morgan fingerprint density at radius 2 is 2.18 bits per heavy atom. The summed E-state index contributed by atoms with van der Waals surface area (Å²) in [4.78, 5) is 10.6. The number of hydrogen-bond acceptors (Lipinski definition) is 3. The quantitative estimate of drug-likeness (QED) is 0.790. The molecule has 0 radical (unpaired) electrons. The van der Waals surface area contributed by atoms with Crippen LogP contribution in [-0.4, -0.2) is 31.4 Å². The van der Waals surface area contributed by atoms with E-state index in [4.69, 9.17) is 14.6 Å². The first-order chi connectivity index (χ1) is 8.15. The van der Waals surface area contributed by atoms with Gasteiger partial charge >= 0.3 is 5.97 Å². The summed E-state index contributed by atoms with van der Waals surface area (Å²) < 4.78 is 10.3. The third-order valence-electron chi connectivity index (χ3n) is 2.62. The van der Waals surface area contributed by atoms with Crippen LogP contribution in [0.25, 0.3) is 0 Å². The van der Waals surface area contributed by atoms with Crippen molar-refractivity contribution in [2.24, 2.45) is 0 Å². The highest BCUT2D eigenvalue weighted by atomic mass is 16.5. The first kappa shape index (κ1) is 13.5. The average Bonchev–Trinajstić information content (AvgIpc) is 2.34. The second-order valence-electron chi connectivity index (χ2n) is 3.85. The maximum atomic E-state index is 10.6. The highest BCUT2D eigenvalue weighted by Gasteiger charge is 2.12. The molecule has 4 nitrogen and oxygen atoms in total. The van der Waals surface area contributed by atoms with Gasteiger partial charge in [0.2, 0.25) is 0 Å². The Kier molecular flexibility index (Phi) is 5.49. The van der Waals surface area contributed by atoms with E-state index >= 15 is 0 Å². The number of carbonyl (C=O) groups is 1. The zero-order chi connectivity index (χ0) is 12.7.